The Labute approximate surface area is 104 Å². The summed E-state index contributed by atoms with van der Waals surface area (Å²) in [5.41, 5.74) is 0. The summed E-state index contributed by atoms with van der Waals surface area (Å²) < 4.78 is 24.9. The molecule has 17 heavy (non-hydrogen) atoms. The Morgan fingerprint density at radius 1 is 1.47 bits per heavy atom. The summed E-state index contributed by atoms with van der Waals surface area (Å²) in [7, 11) is -3.18. The molecule has 5 nitrogen and oxygen atoms in total. The van der Waals surface area contributed by atoms with Gasteiger partial charge in [-0.3, -0.25) is 4.79 Å². The summed E-state index contributed by atoms with van der Waals surface area (Å²) in [5.74, 6) is 0.464. The molecular formula is C11H22N2O3S. The van der Waals surface area contributed by atoms with Crippen LogP contribution in [0.4, 0.5) is 0 Å². The summed E-state index contributed by atoms with van der Waals surface area (Å²) in [5, 5.41) is 0. The first kappa shape index (κ1) is 14.4. The van der Waals surface area contributed by atoms with Crippen LogP contribution in [0.2, 0.25) is 0 Å². The maximum Gasteiger partial charge on any atom is 0.222 e. The van der Waals surface area contributed by atoms with Gasteiger partial charge in [-0.25, -0.2) is 13.1 Å². The Morgan fingerprint density at radius 3 is 2.65 bits per heavy atom. The molecule has 1 atom stereocenters. The van der Waals surface area contributed by atoms with E-state index in [0.29, 0.717) is 18.9 Å². The Balaban J connectivity index is 2.52. The molecule has 0 spiro atoms. The fourth-order valence-electron chi connectivity index (χ4n) is 2.08. The third-order valence-electron chi connectivity index (χ3n) is 2.74. The summed E-state index contributed by atoms with van der Waals surface area (Å²) in [6.45, 7) is 5.26. The van der Waals surface area contributed by atoms with E-state index in [-0.39, 0.29) is 11.9 Å². The Hall–Kier alpha value is -0.620. The van der Waals surface area contributed by atoms with E-state index >= 15 is 0 Å². The molecule has 0 bridgehead atoms. The molecule has 1 amide bonds. The highest BCUT2D eigenvalue weighted by Gasteiger charge is 2.25. The molecule has 0 radical (unpaired) electrons. The van der Waals surface area contributed by atoms with Crippen LogP contribution in [0.1, 0.15) is 33.1 Å². The number of sulfonamides is 1. The quantitative estimate of drug-likeness (QED) is 0.805. The Kier molecular flexibility index (Phi) is 4.94. The molecule has 1 aliphatic heterocycles. The molecule has 1 heterocycles. The monoisotopic (exact) mass is 262 g/mol. The first-order chi connectivity index (χ1) is 7.78. The number of rotatable bonds is 4. The van der Waals surface area contributed by atoms with Crippen molar-refractivity contribution >= 4 is 15.9 Å². The summed E-state index contributed by atoms with van der Waals surface area (Å²) in [6.07, 6.45) is 3.35. The fraction of sp³-hybridized carbons (Fsp3) is 0.909. The molecule has 0 saturated carbocycles. The molecule has 1 N–H and O–H groups in total. The van der Waals surface area contributed by atoms with Crippen LogP contribution in [-0.4, -0.2) is 44.6 Å². The van der Waals surface area contributed by atoms with Gasteiger partial charge in [-0.1, -0.05) is 13.8 Å². The molecule has 6 heteroatoms. The van der Waals surface area contributed by atoms with Gasteiger partial charge in [0, 0.05) is 25.6 Å². The molecule has 1 rings (SSSR count). The highest BCUT2D eigenvalue weighted by atomic mass is 32.2. The van der Waals surface area contributed by atoms with E-state index in [1.165, 1.54) is 0 Å². The number of amides is 1. The van der Waals surface area contributed by atoms with Crippen molar-refractivity contribution in [2.75, 3.05) is 19.3 Å². The summed E-state index contributed by atoms with van der Waals surface area (Å²) >= 11 is 0. The fourth-order valence-corrected chi connectivity index (χ4v) is 2.88. The maximum atomic E-state index is 11.9. The number of carbonyl (C=O) groups excluding carboxylic acids is 1. The van der Waals surface area contributed by atoms with Crippen molar-refractivity contribution < 1.29 is 13.2 Å². The van der Waals surface area contributed by atoms with Crippen molar-refractivity contribution in [3.05, 3.63) is 0 Å². The van der Waals surface area contributed by atoms with Crippen LogP contribution in [0.5, 0.6) is 0 Å². The molecule has 1 fully saturated rings. The van der Waals surface area contributed by atoms with Crippen LogP contribution in [0, 0.1) is 5.92 Å². The van der Waals surface area contributed by atoms with Gasteiger partial charge in [0.05, 0.1) is 6.26 Å². The van der Waals surface area contributed by atoms with Gasteiger partial charge in [-0.2, -0.15) is 0 Å². The molecule has 1 saturated heterocycles. The van der Waals surface area contributed by atoms with E-state index in [0.717, 1.165) is 25.6 Å². The van der Waals surface area contributed by atoms with Crippen molar-refractivity contribution in [2.24, 2.45) is 5.92 Å². The molecule has 1 unspecified atom stereocenters. The van der Waals surface area contributed by atoms with Crippen molar-refractivity contribution in [2.45, 2.75) is 39.2 Å². The zero-order valence-corrected chi connectivity index (χ0v) is 11.6. The highest BCUT2D eigenvalue weighted by molar-refractivity contribution is 7.88. The number of likely N-dealkylation sites (tertiary alicyclic amines) is 1. The van der Waals surface area contributed by atoms with E-state index in [1.807, 2.05) is 13.8 Å². The van der Waals surface area contributed by atoms with Crippen LogP contribution in [-0.2, 0) is 14.8 Å². The van der Waals surface area contributed by atoms with Crippen molar-refractivity contribution in [1.29, 1.82) is 0 Å². The van der Waals surface area contributed by atoms with Gasteiger partial charge in [0.15, 0.2) is 0 Å². The van der Waals surface area contributed by atoms with Crippen molar-refractivity contribution in [1.82, 2.24) is 9.62 Å². The van der Waals surface area contributed by atoms with Crippen LogP contribution in [0.15, 0.2) is 0 Å². The number of nitrogens with zero attached hydrogens (tertiary/aromatic N) is 1. The molecule has 0 aromatic heterocycles. The number of hydrogen-bond donors (Lipinski definition) is 1. The lowest BCUT2D eigenvalue weighted by atomic mass is 10.0. The molecule has 0 aliphatic carbocycles. The SMILES string of the molecule is CC(C)CC(=O)N1CCCC(NS(C)(=O)=O)C1. The number of hydrogen-bond acceptors (Lipinski definition) is 3. The van der Waals surface area contributed by atoms with Gasteiger partial charge >= 0.3 is 0 Å². The van der Waals surface area contributed by atoms with Gasteiger partial charge in [0.25, 0.3) is 0 Å². The van der Waals surface area contributed by atoms with Crippen molar-refractivity contribution in [3.63, 3.8) is 0 Å². The van der Waals surface area contributed by atoms with E-state index in [1.54, 1.807) is 4.90 Å². The zero-order chi connectivity index (χ0) is 13.1. The number of piperidine rings is 1. The number of nitrogens with one attached hydrogen (secondary N) is 1. The average molecular weight is 262 g/mol. The van der Waals surface area contributed by atoms with Gasteiger partial charge in [0.1, 0.15) is 0 Å². The second-order valence-electron chi connectivity index (χ2n) is 5.17. The maximum absolute atomic E-state index is 11.9. The first-order valence-corrected chi connectivity index (χ1v) is 7.92. The molecule has 100 valence electrons. The molecule has 0 aromatic rings. The molecule has 1 aliphatic rings. The Morgan fingerprint density at radius 2 is 2.12 bits per heavy atom. The minimum Gasteiger partial charge on any atom is -0.341 e. The second kappa shape index (κ2) is 5.82. The minimum absolute atomic E-state index is 0.125. The van der Waals surface area contributed by atoms with E-state index in [2.05, 4.69) is 4.72 Å². The van der Waals surface area contributed by atoms with E-state index in [4.69, 9.17) is 0 Å². The summed E-state index contributed by atoms with van der Waals surface area (Å²) in [4.78, 5) is 13.6. The minimum atomic E-state index is -3.18. The van der Waals surface area contributed by atoms with Gasteiger partial charge < -0.3 is 4.90 Å². The normalized spacial score (nSPS) is 21.9. The second-order valence-corrected chi connectivity index (χ2v) is 6.95. The average Bonchev–Trinajstić information content (AvgIpc) is 2.14. The van der Waals surface area contributed by atoms with Gasteiger partial charge in [0.2, 0.25) is 15.9 Å². The third kappa shape index (κ3) is 5.50. The van der Waals surface area contributed by atoms with E-state index < -0.39 is 10.0 Å². The largest absolute Gasteiger partial charge is 0.341 e. The third-order valence-corrected chi connectivity index (χ3v) is 3.50. The van der Waals surface area contributed by atoms with Crippen LogP contribution >= 0.6 is 0 Å². The smallest absolute Gasteiger partial charge is 0.222 e. The lowest BCUT2D eigenvalue weighted by Crippen LogP contribution is -2.49. The van der Waals surface area contributed by atoms with Gasteiger partial charge in [-0.15, -0.1) is 0 Å². The number of carbonyl (C=O) groups is 1. The standard InChI is InChI=1S/C11H22N2O3S/c1-9(2)7-11(14)13-6-4-5-10(8-13)12-17(3,15)16/h9-10,12H,4-8H2,1-3H3. The molecule has 0 aromatic carbocycles. The Bertz CT molecular complexity index is 365. The van der Waals surface area contributed by atoms with E-state index in [9.17, 15) is 13.2 Å². The van der Waals surface area contributed by atoms with Crippen LogP contribution in [0.25, 0.3) is 0 Å². The predicted molar refractivity (Wildman–Crippen MR) is 67.0 cm³/mol. The predicted octanol–water partition coefficient (Wildman–Crippen LogP) is 0.573. The van der Waals surface area contributed by atoms with Crippen LogP contribution in [0.3, 0.4) is 0 Å². The van der Waals surface area contributed by atoms with Crippen LogP contribution < -0.4 is 4.72 Å². The highest BCUT2D eigenvalue weighted by Crippen LogP contribution is 2.13. The summed E-state index contributed by atoms with van der Waals surface area (Å²) in [6, 6.07) is -0.130. The lowest BCUT2D eigenvalue weighted by molar-refractivity contribution is -0.133. The topological polar surface area (TPSA) is 66.5 Å². The zero-order valence-electron chi connectivity index (χ0n) is 10.8. The lowest BCUT2D eigenvalue weighted by Gasteiger charge is -2.33. The molecular weight excluding hydrogens is 240 g/mol. The first-order valence-electron chi connectivity index (χ1n) is 6.03. The van der Waals surface area contributed by atoms with Gasteiger partial charge in [-0.05, 0) is 18.8 Å². The van der Waals surface area contributed by atoms with Crippen molar-refractivity contribution in [3.8, 4) is 0 Å².